The Hall–Kier alpha value is -0.580. The number of alkyl halides is 1. The first-order valence-electron chi connectivity index (χ1n) is 7.34. The topological polar surface area (TPSA) is 37.4 Å². The molecule has 1 saturated heterocycles. The second-order valence-corrected chi connectivity index (χ2v) is 8.95. The number of piperidine rings is 1. The Labute approximate surface area is 133 Å². The minimum absolute atomic E-state index is 0.0400. The maximum Gasteiger partial charge on any atom is 0.243 e. The van der Waals surface area contributed by atoms with Gasteiger partial charge in [0.05, 0.1) is 4.90 Å². The van der Waals surface area contributed by atoms with Crippen LogP contribution < -0.4 is 0 Å². The van der Waals surface area contributed by atoms with Gasteiger partial charge in [0.2, 0.25) is 10.0 Å². The fourth-order valence-corrected chi connectivity index (χ4v) is 5.13. The maximum absolute atomic E-state index is 13.0. The standard InChI is InChI=1S/C16H24ClNO2S/c1-12-8-14(10-17)9-15(13(12)2)21(19,20)18-7-5-6-16(3,4)11-18/h8-9H,5-7,10-11H2,1-4H3. The van der Waals surface area contributed by atoms with Crippen LogP contribution in [0.15, 0.2) is 17.0 Å². The van der Waals surface area contributed by atoms with Crippen LogP contribution in [0.5, 0.6) is 0 Å². The molecule has 118 valence electrons. The van der Waals surface area contributed by atoms with Gasteiger partial charge in [0.15, 0.2) is 0 Å². The molecule has 1 aliphatic rings. The van der Waals surface area contributed by atoms with E-state index >= 15 is 0 Å². The van der Waals surface area contributed by atoms with E-state index in [1.54, 1.807) is 10.4 Å². The first-order valence-corrected chi connectivity index (χ1v) is 9.31. The zero-order valence-corrected chi connectivity index (χ0v) is 14.8. The Balaban J connectivity index is 2.47. The Morgan fingerprint density at radius 3 is 2.52 bits per heavy atom. The molecule has 0 bridgehead atoms. The van der Waals surface area contributed by atoms with Gasteiger partial charge in [-0.05, 0) is 54.9 Å². The van der Waals surface area contributed by atoms with Crippen molar-refractivity contribution in [2.75, 3.05) is 13.1 Å². The van der Waals surface area contributed by atoms with Crippen LogP contribution in [0.1, 0.15) is 43.4 Å². The lowest BCUT2D eigenvalue weighted by molar-refractivity contribution is 0.187. The van der Waals surface area contributed by atoms with E-state index in [1.807, 2.05) is 19.9 Å². The highest BCUT2D eigenvalue weighted by molar-refractivity contribution is 7.89. The molecule has 0 atom stereocenters. The van der Waals surface area contributed by atoms with E-state index in [2.05, 4.69) is 13.8 Å². The third-order valence-corrected chi connectivity index (χ3v) is 6.60. The summed E-state index contributed by atoms with van der Waals surface area (Å²) in [5.41, 5.74) is 2.70. The van der Waals surface area contributed by atoms with Crippen LogP contribution in [0.2, 0.25) is 0 Å². The van der Waals surface area contributed by atoms with Crippen molar-refractivity contribution in [3.63, 3.8) is 0 Å². The maximum atomic E-state index is 13.0. The number of hydrogen-bond acceptors (Lipinski definition) is 2. The van der Waals surface area contributed by atoms with E-state index in [0.717, 1.165) is 29.5 Å². The monoisotopic (exact) mass is 329 g/mol. The summed E-state index contributed by atoms with van der Waals surface area (Å²) in [5, 5.41) is 0. The molecule has 1 aliphatic heterocycles. The number of rotatable bonds is 3. The Morgan fingerprint density at radius 1 is 1.29 bits per heavy atom. The fraction of sp³-hybridized carbons (Fsp3) is 0.625. The van der Waals surface area contributed by atoms with Crippen LogP contribution >= 0.6 is 11.6 Å². The lowest BCUT2D eigenvalue weighted by Gasteiger charge is -2.37. The zero-order chi connectivity index (χ0) is 15.8. The van der Waals surface area contributed by atoms with Crippen molar-refractivity contribution in [1.82, 2.24) is 4.31 Å². The number of hydrogen-bond donors (Lipinski definition) is 0. The van der Waals surface area contributed by atoms with Crippen LogP contribution in [-0.2, 0) is 15.9 Å². The molecule has 2 rings (SSSR count). The van der Waals surface area contributed by atoms with Gasteiger partial charge in [-0.15, -0.1) is 11.6 Å². The predicted molar refractivity (Wildman–Crippen MR) is 87.2 cm³/mol. The van der Waals surface area contributed by atoms with Crippen LogP contribution in [0.25, 0.3) is 0 Å². The van der Waals surface area contributed by atoms with E-state index in [4.69, 9.17) is 11.6 Å². The third kappa shape index (κ3) is 3.43. The molecule has 0 aliphatic carbocycles. The SMILES string of the molecule is Cc1cc(CCl)cc(S(=O)(=O)N2CCCC(C)(C)C2)c1C. The fourth-order valence-electron chi connectivity index (χ4n) is 2.96. The van der Waals surface area contributed by atoms with Crippen molar-refractivity contribution in [2.45, 2.75) is 51.3 Å². The van der Waals surface area contributed by atoms with E-state index in [-0.39, 0.29) is 5.41 Å². The van der Waals surface area contributed by atoms with Gasteiger partial charge >= 0.3 is 0 Å². The van der Waals surface area contributed by atoms with Gasteiger partial charge < -0.3 is 0 Å². The second kappa shape index (κ2) is 5.90. The van der Waals surface area contributed by atoms with E-state index in [1.165, 1.54) is 0 Å². The lowest BCUT2D eigenvalue weighted by atomic mass is 9.85. The van der Waals surface area contributed by atoms with Gasteiger partial charge in [0.25, 0.3) is 0 Å². The molecular formula is C16H24ClNO2S. The van der Waals surface area contributed by atoms with Crippen LogP contribution in [0, 0.1) is 19.3 Å². The molecule has 0 saturated carbocycles. The average molecular weight is 330 g/mol. The van der Waals surface area contributed by atoms with Crippen molar-refractivity contribution >= 4 is 21.6 Å². The molecule has 0 aromatic heterocycles. The molecule has 1 aromatic rings. The minimum Gasteiger partial charge on any atom is -0.207 e. The first kappa shape index (κ1) is 16.8. The molecule has 3 nitrogen and oxygen atoms in total. The largest absolute Gasteiger partial charge is 0.243 e. The Bertz CT molecular complexity index is 638. The molecule has 0 spiro atoms. The highest BCUT2D eigenvalue weighted by Gasteiger charge is 2.35. The molecule has 0 radical (unpaired) electrons. The van der Waals surface area contributed by atoms with Gasteiger partial charge in [-0.2, -0.15) is 4.31 Å². The summed E-state index contributed by atoms with van der Waals surface area (Å²) in [6, 6.07) is 3.69. The summed E-state index contributed by atoms with van der Waals surface area (Å²) in [7, 11) is -3.44. The molecule has 21 heavy (non-hydrogen) atoms. The highest BCUT2D eigenvalue weighted by atomic mass is 35.5. The smallest absolute Gasteiger partial charge is 0.207 e. The lowest BCUT2D eigenvalue weighted by Crippen LogP contribution is -2.43. The third-order valence-electron chi connectivity index (χ3n) is 4.32. The quantitative estimate of drug-likeness (QED) is 0.790. The number of aryl methyl sites for hydroxylation is 1. The normalized spacial score (nSPS) is 19.7. The van der Waals surface area contributed by atoms with Crippen LogP contribution in [0.3, 0.4) is 0 Å². The summed E-state index contributed by atoms with van der Waals surface area (Å²) >= 11 is 5.90. The van der Waals surface area contributed by atoms with Gasteiger partial charge in [0.1, 0.15) is 0 Å². The summed E-state index contributed by atoms with van der Waals surface area (Å²) < 4.78 is 27.6. The van der Waals surface area contributed by atoms with Crippen molar-refractivity contribution in [1.29, 1.82) is 0 Å². The van der Waals surface area contributed by atoms with Gasteiger partial charge in [0, 0.05) is 19.0 Å². The summed E-state index contributed by atoms with van der Waals surface area (Å²) in [5.74, 6) is 0.329. The summed E-state index contributed by atoms with van der Waals surface area (Å²) in [6.07, 6.45) is 1.98. The summed E-state index contributed by atoms with van der Waals surface area (Å²) in [4.78, 5) is 0.413. The average Bonchev–Trinajstić information content (AvgIpc) is 2.40. The second-order valence-electron chi connectivity index (χ2n) is 6.78. The Morgan fingerprint density at radius 2 is 1.95 bits per heavy atom. The molecule has 0 N–H and O–H groups in total. The van der Waals surface area contributed by atoms with Crippen molar-refractivity contribution in [2.24, 2.45) is 5.41 Å². The molecule has 5 heteroatoms. The first-order chi connectivity index (χ1) is 9.67. The molecule has 1 heterocycles. The molecule has 1 fully saturated rings. The van der Waals surface area contributed by atoms with Gasteiger partial charge in [-0.25, -0.2) is 8.42 Å². The minimum atomic E-state index is -3.44. The van der Waals surface area contributed by atoms with Crippen molar-refractivity contribution in [3.8, 4) is 0 Å². The van der Waals surface area contributed by atoms with E-state index in [0.29, 0.717) is 23.9 Å². The molecule has 0 unspecified atom stereocenters. The van der Waals surface area contributed by atoms with Crippen molar-refractivity contribution < 1.29 is 8.42 Å². The van der Waals surface area contributed by atoms with Gasteiger partial charge in [-0.3, -0.25) is 0 Å². The number of halogens is 1. The number of benzene rings is 1. The number of nitrogens with zero attached hydrogens (tertiary/aromatic N) is 1. The van der Waals surface area contributed by atoms with Crippen LogP contribution in [0.4, 0.5) is 0 Å². The summed E-state index contributed by atoms with van der Waals surface area (Å²) in [6.45, 7) is 9.25. The predicted octanol–water partition coefficient (Wildman–Crippen LogP) is 3.85. The van der Waals surface area contributed by atoms with E-state index in [9.17, 15) is 8.42 Å². The highest BCUT2D eigenvalue weighted by Crippen LogP contribution is 2.33. The number of sulfonamides is 1. The Kier molecular flexibility index (Phi) is 4.72. The molecule has 1 aromatic carbocycles. The van der Waals surface area contributed by atoms with E-state index < -0.39 is 10.0 Å². The van der Waals surface area contributed by atoms with Crippen molar-refractivity contribution in [3.05, 3.63) is 28.8 Å². The molecular weight excluding hydrogens is 306 g/mol. The van der Waals surface area contributed by atoms with Crippen LogP contribution in [-0.4, -0.2) is 25.8 Å². The van der Waals surface area contributed by atoms with Gasteiger partial charge in [-0.1, -0.05) is 19.9 Å². The molecule has 0 amide bonds. The zero-order valence-electron chi connectivity index (χ0n) is 13.2.